The zero-order valence-electron chi connectivity index (χ0n) is 28.7. The quantitative estimate of drug-likeness (QED) is 0.209. The number of nitrogens with one attached hydrogen (secondary N) is 1. The summed E-state index contributed by atoms with van der Waals surface area (Å²) in [5.74, 6) is 0. The van der Waals surface area contributed by atoms with E-state index in [0.29, 0.717) is 19.7 Å². The Balaban J connectivity index is 1.52. The smallest absolute Gasteiger partial charge is 0.410 e. The molecule has 45 heavy (non-hydrogen) atoms. The Labute approximate surface area is 270 Å². The molecule has 0 spiro atoms. The average Bonchev–Trinajstić information content (AvgIpc) is 3.27. The van der Waals surface area contributed by atoms with E-state index < -0.39 is 29.2 Å². The molecule has 3 fully saturated rings. The van der Waals surface area contributed by atoms with Crippen LogP contribution in [0.5, 0.6) is 0 Å². The first kappa shape index (κ1) is 34.1. The van der Waals surface area contributed by atoms with Crippen molar-refractivity contribution >= 4 is 40.8 Å². The predicted molar refractivity (Wildman–Crippen MR) is 181 cm³/mol. The van der Waals surface area contributed by atoms with Crippen molar-refractivity contribution < 1.29 is 22.7 Å². The van der Waals surface area contributed by atoms with Gasteiger partial charge in [0.05, 0.1) is 34.7 Å². The van der Waals surface area contributed by atoms with E-state index in [2.05, 4.69) is 29.9 Å². The van der Waals surface area contributed by atoms with Crippen LogP contribution in [0, 0.1) is 0 Å². The lowest BCUT2D eigenvalue weighted by Gasteiger charge is -2.45. The van der Waals surface area contributed by atoms with E-state index in [4.69, 9.17) is 14.6 Å². The number of nitrogens with zero attached hydrogens (tertiary/aromatic N) is 5. The molecule has 1 amide bonds. The number of hydrogen-bond acceptors (Lipinski definition) is 8. The van der Waals surface area contributed by atoms with Crippen LogP contribution in [-0.4, -0.2) is 104 Å². The first-order chi connectivity index (χ1) is 20.9. The third-order valence-corrected chi connectivity index (χ3v) is 12.9. The fourth-order valence-electron chi connectivity index (χ4n) is 6.44. The minimum absolute atomic E-state index is 0.0467. The van der Waals surface area contributed by atoms with Crippen LogP contribution in [-0.2, 0) is 19.5 Å². The molecule has 1 N–H and O–H groups in total. The first-order valence-corrected chi connectivity index (χ1v) is 21.6. The normalized spacial score (nSPS) is 24.1. The number of piperazine rings is 1. The van der Waals surface area contributed by atoms with Crippen molar-refractivity contribution in [1.82, 2.24) is 24.3 Å². The number of amides is 1. The Kier molecular flexibility index (Phi) is 9.44. The van der Waals surface area contributed by atoms with Crippen molar-refractivity contribution in [2.75, 3.05) is 44.4 Å². The van der Waals surface area contributed by atoms with Crippen LogP contribution >= 0.6 is 0 Å². The van der Waals surface area contributed by atoms with Gasteiger partial charge < -0.3 is 19.7 Å². The van der Waals surface area contributed by atoms with Gasteiger partial charge in [0.25, 0.3) is 0 Å². The summed E-state index contributed by atoms with van der Waals surface area (Å²) in [6.07, 6.45) is 4.10. The average molecular weight is 663 g/mol. The van der Waals surface area contributed by atoms with Crippen molar-refractivity contribution in [3.8, 4) is 0 Å². The lowest BCUT2D eigenvalue weighted by atomic mass is 10.1. The molecular formula is C32H54N6O5SSi. The van der Waals surface area contributed by atoms with E-state index in [1.807, 2.05) is 64.6 Å². The summed E-state index contributed by atoms with van der Waals surface area (Å²) < 4.78 is 44.5. The van der Waals surface area contributed by atoms with Gasteiger partial charge in [0.1, 0.15) is 12.3 Å². The molecule has 2 aliphatic heterocycles. The maximum atomic E-state index is 14.6. The number of carbonyl (C=O) groups is 1. The highest BCUT2D eigenvalue weighted by Gasteiger charge is 2.50. The largest absolute Gasteiger partial charge is 0.444 e. The molecule has 1 aromatic carbocycles. The first-order valence-electron chi connectivity index (χ1n) is 16.5. The number of sulfonamides is 1. The van der Waals surface area contributed by atoms with Crippen LogP contribution in [0.3, 0.4) is 0 Å². The Bertz CT molecular complexity index is 1480. The highest BCUT2D eigenvalue weighted by molar-refractivity contribution is 7.89. The summed E-state index contributed by atoms with van der Waals surface area (Å²) in [6.45, 7) is 21.9. The molecule has 1 unspecified atom stereocenters. The fraction of sp³-hybridized carbons (Fsp3) is 0.750. The fourth-order valence-corrected chi connectivity index (χ4v) is 8.95. The molecule has 5 rings (SSSR count). The Morgan fingerprint density at radius 1 is 1.16 bits per heavy atom. The van der Waals surface area contributed by atoms with Gasteiger partial charge in [-0.1, -0.05) is 19.6 Å². The maximum absolute atomic E-state index is 14.6. The van der Waals surface area contributed by atoms with Gasteiger partial charge >= 0.3 is 6.09 Å². The molecular weight excluding hydrogens is 609 g/mol. The molecule has 1 aliphatic carbocycles. The summed E-state index contributed by atoms with van der Waals surface area (Å²) in [6, 6.07) is 4.47. The highest BCUT2D eigenvalue weighted by atomic mass is 32.2. The molecule has 11 nitrogen and oxygen atoms in total. The van der Waals surface area contributed by atoms with E-state index in [1.54, 1.807) is 9.21 Å². The van der Waals surface area contributed by atoms with Crippen molar-refractivity contribution in [3.63, 3.8) is 0 Å². The third kappa shape index (κ3) is 7.53. The number of fused-ring (bicyclic) bond motifs is 1. The number of benzene rings is 1. The molecule has 3 aliphatic rings. The van der Waals surface area contributed by atoms with Crippen molar-refractivity contribution in [2.24, 2.45) is 0 Å². The van der Waals surface area contributed by atoms with Crippen LogP contribution in [0.15, 0.2) is 23.2 Å². The molecule has 3 atom stereocenters. The second-order valence-corrected chi connectivity index (χ2v) is 23.3. The topological polar surface area (TPSA) is 109 Å². The summed E-state index contributed by atoms with van der Waals surface area (Å²) in [5.41, 5.74) is 0.598. The van der Waals surface area contributed by atoms with Crippen LogP contribution in [0.1, 0.15) is 66.8 Å². The molecule has 252 valence electrons. The summed E-state index contributed by atoms with van der Waals surface area (Å²) in [7, 11) is -5.22. The predicted octanol–water partition coefficient (Wildman–Crippen LogP) is 5.26. The standard InChI is InChI=1S/C32H54N6O5SSi/c1-23-20-35(21-24(2)37(23)30(39)43-31(3,4)5)28-16-26(17-29-27(28)19-34-38(29)25-10-13-33-18-25)44(40,41)36(32(6)11-12-32)22-42-14-15-45(7,8)9/h16-17,19,23-25,33H,10-15,18,20-22H2,1-9H3/t23-,24+,25?. The van der Waals surface area contributed by atoms with Crippen LogP contribution in [0.2, 0.25) is 25.7 Å². The minimum atomic E-state index is -3.90. The SMILES string of the molecule is C[C@@H]1CN(c2cc(S(=O)(=O)N(COCC[Si](C)(C)C)C3(C)CC3)cc3c2cnn3C2CCNC2)C[C@H](C)N1C(=O)OC(C)(C)C. The van der Waals surface area contributed by atoms with Gasteiger partial charge in [-0.3, -0.25) is 9.58 Å². The molecule has 2 aromatic rings. The van der Waals surface area contributed by atoms with E-state index in [9.17, 15) is 13.2 Å². The molecule has 0 bridgehead atoms. The number of aromatic nitrogens is 2. The monoisotopic (exact) mass is 662 g/mol. The van der Waals surface area contributed by atoms with Crippen LogP contribution < -0.4 is 10.2 Å². The Morgan fingerprint density at radius 2 is 1.82 bits per heavy atom. The number of ether oxygens (including phenoxy) is 2. The van der Waals surface area contributed by atoms with E-state index in [0.717, 1.165) is 55.0 Å². The summed E-state index contributed by atoms with van der Waals surface area (Å²) in [5, 5.41) is 9.14. The van der Waals surface area contributed by atoms with Crippen molar-refractivity contribution in [2.45, 2.75) is 121 Å². The van der Waals surface area contributed by atoms with Gasteiger partial charge in [0.2, 0.25) is 10.0 Å². The highest BCUT2D eigenvalue weighted by Crippen LogP contribution is 2.45. The third-order valence-electron chi connectivity index (χ3n) is 9.28. The zero-order valence-corrected chi connectivity index (χ0v) is 30.5. The maximum Gasteiger partial charge on any atom is 0.410 e. The number of hydrogen-bond donors (Lipinski definition) is 1. The molecule has 1 saturated carbocycles. The molecule has 1 aromatic heterocycles. The lowest BCUT2D eigenvalue weighted by Crippen LogP contribution is -2.59. The molecule has 2 saturated heterocycles. The van der Waals surface area contributed by atoms with Gasteiger partial charge in [-0.25, -0.2) is 13.2 Å². The van der Waals surface area contributed by atoms with Gasteiger partial charge in [-0.15, -0.1) is 0 Å². The van der Waals surface area contributed by atoms with Gasteiger partial charge in [-0.2, -0.15) is 9.40 Å². The van der Waals surface area contributed by atoms with Crippen LogP contribution in [0.25, 0.3) is 10.9 Å². The van der Waals surface area contributed by atoms with E-state index in [-0.39, 0.29) is 35.8 Å². The summed E-state index contributed by atoms with van der Waals surface area (Å²) >= 11 is 0. The van der Waals surface area contributed by atoms with E-state index >= 15 is 0 Å². The minimum Gasteiger partial charge on any atom is -0.444 e. The lowest BCUT2D eigenvalue weighted by molar-refractivity contribution is 0.00567. The van der Waals surface area contributed by atoms with Crippen molar-refractivity contribution in [1.29, 1.82) is 0 Å². The second-order valence-electron chi connectivity index (χ2n) is 15.8. The second kappa shape index (κ2) is 12.4. The zero-order chi connectivity index (χ0) is 32.9. The number of rotatable bonds is 10. The summed E-state index contributed by atoms with van der Waals surface area (Å²) in [4.78, 5) is 17.4. The molecule has 13 heteroatoms. The van der Waals surface area contributed by atoms with Crippen molar-refractivity contribution in [3.05, 3.63) is 18.3 Å². The molecule has 0 radical (unpaired) electrons. The van der Waals surface area contributed by atoms with Crippen LogP contribution in [0.4, 0.5) is 10.5 Å². The van der Waals surface area contributed by atoms with Gasteiger partial charge in [0, 0.05) is 50.9 Å². The number of carbonyl (C=O) groups excluding carboxylic acids is 1. The van der Waals surface area contributed by atoms with E-state index in [1.165, 1.54) is 0 Å². The van der Waals surface area contributed by atoms with Gasteiger partial charge in [0.15, 0.2) is 0 Å². The Morgan fingerprint density at radius 3 is 2.38 bits per heavy atom. The molecule has 3 heterocycles. The Hall–Kier alpha value is -2.19. The number of anilines is 1. The van der Waals surface area contributed by atoms with Gasteiger partial charge in [-0.05, 0) is 85.5 Å².